The fourth-order valence-corrected chi connectivity index (χ4v) is 3.22. The van der Waals surface area contributed by atoms with E-state index in [1.54, 1.807) is 7.11 Å². The number of thiazole rings is 1. The van der Waals surface area contributed by atoms with Crippen LogP contribution in [0.25, 0.3) is 11.3 Å². The maximum absolute atomic E-state index is 12.2. The molecule has 0 atom stereocenters. The van der Waals surface area contributed by atoms with Gasteiger partial charge in [-0.3, -0.25) is 9.59 Å². The van der Waals surface area contributed by atoms with Gasteiger partial charge in [0.15, 0.2) is 5.13 Å². The molecule has 0 fully saturated rings. The Morgan fingerprint density at radius 1 is 1.04 bits per heavy atom. The van der Waals surface area contributed by atoms with Crippen LogP contribution >= 0.6 is 11.3 Å². The van der Waals surface area contributed by atoms with Crippen LogP contribution in [0.1, 0.15) is 12.5 Å². The summed E-state index contributed by atoms with van der Waals surface area (Å²) in [7, 11) is 1.61. The summed E-state index contributed by atoms with van der Waals surface area (Å²) >= 11 is 1.37. The van der Waals surface area contributed by atoms with Crippen molar-refractivity contribution in [2.75, 3.05) is 17.7 Å². The summed E-state index contributed by atoms with van der Waals surface area (Å²) in [6.07, 6.45) is 0.268. The molecule has 6 nitrogen and oxygen atoms in total. The largest absolute Gasteiger partial charge is 0.497 e. The Morgan fingerprint density at radius 2 is 1.74 bits per heavy atom. The summed E-state index contributed by atoms with van der Waals surface area (Å²) in [6.45, 7) is 1.47. The van der Waals surface area contributed by atoms with E-state index in [4.69, 9.17) is 4.74 Å². The molecule has 27 heavy (non-hydrogen) atoms. The van der Waals surface area contributed by atoms with Crippen LogP contribution in [0.2, 0.25) is 0 Å². The number of anilines is 2. The van der Waals surface area contributed by atoms with Gasteiger partial charge in [0.2, 0.25) is 11.8 Å². The molecule has 0 radical (unpaired) electrons. The molecule has 2 aromatic carbocycles. The molecule has 3 aromatic rings. The third-order valence-corrected chi connectivity index (χ3v) is 4.53. The van der Waals surface area contributed by atoms with Crippen LogP contribution in [-0.2, 0) is 16.0 Å². The first kappa shape index (κ1) is 18.6. The first-order valence-electron chi connectivity index (χ1n) is 8.30. The molecular weight excluding hydrogens is 362 g/mol. The van der Waals surface area contributed by atoms with Gasteiger partial charge in [-0.05, 0) is 29.8 Å². The van der Waals surface area contributed by atoms with Crippen LogP contribution in [0.5, 0.6) is 5.75 Å². The predicted molar refractivity (Wildman–Crippen MR) is 107 cm³/mol. The Labute approximate surface area is 161 Å². The summed E-state index contributed by atoms with van der Waals surface area (Å²) in [5.41, 5.74) is 3.32. The molecule has 1 aromatic heterocycles. The second-order valence-electron chi connectivity index (χ2n) is 5.87. The number of hydrogen-bond acceptors (Lipinski definition) is 5. The molecule has 0 aliphatic carbocycles. The minimum Gasteiger partial charge on any atom is -0.497 e. The number of aromatic nitrogens is 1. The van der Waals surface area contributed by atoms with E-state index >= 15 is 0 Å². The standard InChI is InChI=1S/C20H19N3O3S/c1-13(24)21-16-7-5-15(6-8-16)18-12-27-20(22-18)23-19(25)11-14-3-9-17(26-2)10-4-14/h3-10,12H,11H2,1-2H3,(H,21,24)(H,22,23,25). The van der Waals surface area contributed by atoms with Gasteiger partial charge >= 0.3 is 0 Å². The second kappa shape index (κ2) is 8.46. The summed E-state index contributed by atoms with van der Waals surface area (Å²) in [5.74, 6) is 0.522. The molecule has 0 aliphatic heterocycles. The van der Waals surface area contributed by atoms with Crippen LogP contribution in [0.3, 0.4) is 0 Å². The van der Waals surface area contributed by atoms with Gasteiger partial charge in [-0.2, -0.15) is 0 Å². The highest BCUT2D eigenvalue weighted by atomic mass is 32.1. The maximum Gasteiger partial charge on any atom is 0.230 e. The average Bonchev–Trinajstić information content (AvgIpc) is 3.11. The summed E-state index contributed by atoms with van der Waals surface area (Å²) in [5, 5.41) is 7.99. The van der Waals surface area contributed by atoms with Gasteiger partial charge in [-0.15, -0.1) is 11.3 Å². The van der Waals surface area contributed by atoms with Crippen molar-refractivity contribution in [1.82, 2.24) is 4.98 Å². The number of nitrogens with one attached hydrogen (secondary N) is 2. The van der Waals surface area contributed by atoms with Crippen molar-refractivity contribution in [3.05, 3.63) is 59.5 Å². The molecule has 3 rings (SSSR count). The minimum absolute atomic E-state index is 0.113. The third kappa shape index (κ3) is 5.15. The van der Waals surface area contributed by atoms with E-state index in [1.807, 2.05) is 53.9 Å². The van der Waals surface area contributed by atoms with Crippen molar-refractivity contribution < 1.29 is 14.3 Å². The van der Waals surface area contributed by atoms with Crippen molar-refractivity contribution in [3.63, 3.8) is 0 Å². The molecular formula is C20H19N3O3S. The summed E-state index contributed by atoms with van der Waals surface area (Å²) in [6, 6.07) is 14.8. The van der Waals surface area contributed by atoms with Gasteiger partial charge in [0.05, 0.1) is 19.2 Å². The molecule has 0 aliphatic rings. The monoisotopic (exact) mass is 381 g/mol. The Hall–Kier alpha value is -3.19. The lowest BCUT2D eigenvalue weighted by Crippen LogP contribution is -2.14. The van der Waals surface area contributed by atoms with E-state index < -0.39 is 0 Å². The van der Waals surface area contributed by atoms with Crippen molar-refractivity contribution in [3.8, 4) is 17.0 Å². The van der Waals surface area contributed by atoms with Gasteiger partial charge in [0, 0.05) is 23.6 Å². The van der Waals surface area contributed by atoms with Gasteiger partial charge < -0.3 is 15.4 Å². The highest BCUT2D eigenvalue weighted by Crippen LogP contribution is 2.26. The van der Waals surface area contributed by atoms with Crippen LogP contribution in [0, 0.1) is 0 Å². The minimum atomic E-state index is -0.123. The molecule has 2 amide bonds. The average molecular weight is 381 g/mol. The molecule has 0 spiro atoms. The van der Waals surface area contributed by atoms with Crippen LogP contribution in [0.4, 0.5) is 10.8 Å². The van der Waals surface area contributed by atoms with E-state index in [9.17, 15) is 9.59 Å². The lowest BCUT2D eigenvalue weighted by molar-refractivity contribution is -0.116. The zero-order chi connectivity index (χ0) is 19.2. The molecule has 1 heterocycles. The van der Waals surface area contributed by atoms with Crippen LogP contribution < -0.4 is 15.4 Å². The topological polar surface area (TPSA) is 80.3 Å². The number of ether oxygens (including phenoxy) is 1. The zero-order valence-corrected chi connectivity index (χ0v) is 15.8. The van der Waals surface area contributed by atoms with Crippen LogP contribution in [0.15, 0.2) is 53.9 Å². The molecule has 0 saturated heterocycles. The van der Waals surface area contributed by atoms with E-state index in [0.29, 0.717) is 5.13 Å². The van der Waals surface area contributed by atoms with E-state index in [-0.39, 0.29) is 18.2 Å². The number of amides is 2. The SMILES string of the molecule is COc1ccc(CC(=O)Nc2nc(-c3ccc(NC(C)=O)cc3)cs2)cc1. The molecule has 0 bridgehead atoms. The number of benzene rings is 2. The molecule has 0 saturated carbocycles. The van der Waals surface area contributed by atoms with E-state index in [2.05, 4.69) is 15.6 Å². The Balaban J connectivity index is 1.61. The van der Waals surface area contributed by atoms with Crippen LogP contribution in [-0.4, -0.2) is 23.9 Å². The van der Waals surface area contributed by atoms with Crippen molar-refractivity contribution in [2.24, 2.45) is 0 Å². The highest BCUT2D eigenvalue weighted by molar-refractivity contribution is 7.14. The Kier molecular flexibility index (Phi) is 5.83. The number of carbonyl (C=O) groups excluding carboxylic acids is 2. The van der Waals surface area contributed by atoms with Crippen molar-refractivity contribution >= 4 is 34.0 Å². The van der Waals surface area contributed by atoms with Gasteiger partial charge in [0.1, 0.15) is 5.75 Å². The Bertz CT molecular complexity index is 934. The quantitative estimate of drug-likeness (QED) is 0.677. The lowest BCUT2D eigenvalue weighted by atomic mass is 10.1. The first-order valence-corrected chi connectivity index (χ1v) is 9.18. The fourth-order valence-electron chi connectivity index (χ4n) is 2.48. The number of nitrogens with zero attached hydrogens (tertiary/aromatic N) is 1. The number of carbonyl (C=O) groups is 2. The van der Waals surface area contributed by atoms with Gasteiger partial charge in [0.25, 0.3) is 0 Å². The lowest BCUT2D eigenvalue weighted by Gasteiger charge is -2.04. The predicted octanol–water partition coefficient (Wildman–Crippen LogP) is 3.96. The number of rotatable bonds is 6. The fraction of sp³-hybridized carbons (Fsp3) is 0.150. The summed E-state index contributed by atoms with van der Waals surface area (Å²) in [4.78, 5) is 27.7. The third-order valence-electron chi connectivity index (χ3n) is 3.78. The number of methoxy groups -OCH3 is 1. The van der Waals surface area contributed by atoms with E-state index in [0.717, 1.165) is 28.3 Å². The molecule has 7 heteroatoms. The normalized spacial score (nSPS) is 10.3. The van der Waals surface area contributed by atoms with Crippen molar-refractivity contribution in [2.45, 2.75) is 13.3 Å². The molecule has 0 unspecified atom stereocenters. The first-order chi connectivity index (χ1) is 13.0. The zero-order valence-electron chi connectivity index (χ0n) is 15.0. The number of hydrogen-bond donors (Lipinski definition) is 2. The van der Waals surface area contributed by atoms with Gasteiger partial charge in [-0.25, -0.2) is 4.98 Å². The molecule has 138 valence electrons. The maximum atomic E-state index is 12.2. The smallest absolute Gasteiger partial charge is 0.230 e. The highest BCUT2D eigenvalue weighted by Gasteiger charge is 2.09. The van der Waals surface area contributed by atoms with E-state index in [1.165, 1.54) is 18.3 Å². The van der Waals surface area contributed by atoms with Crippen molar-refractivity contribution in [1.29, 1.82) is 0 Å². The Morgan fingerprint density at radius 3 is 2.37 bits per heavy atom. The van der Waals surface area contributed by atoms with Gasteiger partial charge in [-0.1, -0.05) is 24.3 Å². The summed E-state index contributed by atoms with van der Waals surface area (Å²) < 4.78 is 5.11. The second-order valence-corrected chi connectivity index (χ2v) is 6.73. The molecule has 2 N–H and O–H groups in total.